The van der Waals surface area contributed by atoms with E-state index in [0.717, 1.165) is 0 Å². The molecule has 16 heavy (non-hydrogen) atoms. The van der Waals surface area contributed by atoms with Crippen LogP contribution in [0.1, 0.15) is 52.4 Å². The van der Waals surface area contributed by atoms with Gasteiger partial charge in [0.2, 0.25) is 5.92 Å². The molecule has 0 unspecified atom stereocenters. The maximum atomic E-state index is 13.1. The van der Waals surface area contributed by atoms with Gasteiger partial charge in [-0.1, -0.05) is 13.8 Å². The number of hydrogen-bond acceptors (Lipinski definition) is 2. The standard InChI is InChI=1S/C12H21F2NO/c1-9(2)7-11(16,8-9)10(15)3-5-12(13,14)6-4-10/h16H,3-8,15H2,1-2H3. The number of alkyl halides is 2. The first-order chi connectivity index (χ1) is 7.08. The van der Waals surface area contributed by atoms with Gasteiger partial charge in [-0.25, -0.2) is 8.78 Å². The predicted octanol–water partition coefficient (Wildman–Crippen LogP) is 2.44. The van der Waals surface area contributed by atoms with Crippen LogP contribution in [-0.2, 0) is 0 Å². The summed E-state index contributed by atoms with van der Waals surface area (Å²) in [5, 5.41) is 10.4. The lowest BCUT2D eigenvalue weighted by Gasteiger charge is -2.59. The number of hydrogen-bond donors (Lipinski definition) is 2. The molecule has 0 radical (unpaired) electrons. The fourth-order valence-electron chi connectivity index (χ4n) is 3.41. The van der Waals surface area contributed by atoms with Crippen molar-refractivity contribution in [3.8, 4) is 0 Å². The normalized spacial score (nSPS) is 34.1. The molecule has 0 atom stereocenters. The first kappa shape index (κ1) is 12.2. The Hall–Kier alpha value is -0.220. The van der Waals surface area contributed by atoms with E-state index in [2.05, 4.69) is 13.8 Å². The Morgan fingerprint density at radius 2 is 1.44 bits per heavy atom. The van der Waals surface area contributed by atoms with Crippen molar-refractivity contribution in [2.24, 2.45) is 11.1 Å². The second-order valence-corrected chi connectivity index (χ2v) is 6.56. The molecule has 0 bridgehead atoms. The van der Waals surface area contributed by atoms with E-state index in [-0.39, 0.29) is 31.1 Å². The molecular formula is C12H21F2NO. The van der Waals surface area contributed by atoms with Crippen molar-refractivity contribution >= 4 is 0 Å². The summed E-state index contributed by atoms with van der Waals surface area (Å²) >= 11 is 0. The van der Waals surface area contributed by atoms with E-state index in [4.69, 9.17) is 5.73 Å². The molecule has 0 spiro atoms. The van der Waals surface area contributed by atoms with Gasteiger partial charge in [0, 0.05) is 18.4 Å². The average Bonchev–Trinajstić information content (AvgIpc) is 2.07. The molecule has 2 nitrogen and oxygen atoms in total. The van der Waals surface area contributed by atoms with Crippen LogP contribution in [0.25, 0.3) is 0 Å². The van der Waals surface area contributed by atoms with Gasteiger partial charge in [0.05, 0.1) is 5.60 Å². The Morgan fingerprint density at radius 3 is 1.81 bits per heavy atom. The highest BCUT2D eigenvalue weighted by Crippen LogP contribution is 2.56. The van der Waals surface area contributed by atoms with Crippen LogP contribution in [0.15, 0.2) is 0 Å². The zero-order valence-electron chi connectivity index (χ0n) is 10.0. The fraction of sp³-hybridized carbons (Fsp3) is 1.00. The topological polar surface area (TPSA) is 46.2 Å². The Balaban J connectivity index is 2.05. The highest BCUT2D eigenvalue weighted by atomic mass is 19.3. The summed E-state index contributed by atoms with van der Waals surface area (Å²) in [6.07, 6.45) is 1.34. The smallest absolute Gasteiger partial charge is 0.248 e. The van der Waals surface area contributed by atoms with Gasteiger partial charge in [0.15, 0.2) is 0 Å². The highest BCUT2D eigenvalue weighted by molar-refractivity contribution is 5.15. The minimum absolute atomic E-state index is 0.0983. The molecule has 0 aromatic rings. The lowest BCUT2D eigenvalue weighted by Crippen LogP contribution is -2.69. The van der Waals surface area contributed by atoms with Gasteiger partial charge in [-0.2, -0.15) is 0 Å². The van der Waals surface area contributed by atoms with Gasteiger partial charge in [0.25, 0.3) is 0 Å². The third-order valence-corrected chi connectivity index (χ3v) is 4.34. The third kappa shape index (κ3) is 1.86. The molecule has 2 saturated carbocycles. The molecule has 0 amide bonds. The molecule has 4 heteroatoms. The molecule has 0 heterocycles. The number of rotatable bonds is 1. The molecule has 94 valence electrons. The van der Waals surface area contributed by atoms with Gasteiger partial charge in [-0.15, -0.1) is 0 Å². The van der Waals surface area contributed by atoms with Gasteiger partial charge in [0.1, 0.15) is 0 Å². The Kier molecular flexibility index (Phi) is 2.42. The maximum Gasteiger partial charge on any atom is 0.248 e. The lowest BCUT2D eigenvalue weighted by molar-refractivity contribution is -0.184. The Morgan fingerprint density at radius 1 is 1.00 bits per heavy atom. The molecule has 0 saturated heterocycles. The van der Waals surface area contributed by atoms with Crippen molar-refractivity contribution in [2.45, 2.75) is 69.4 Å². The van der Waals surface area contributed by atoms with E-state index in [9.17, 15) is 13.9 Å². The summed E-state index contributed by atoms with van der Waals surface area (Å²) in [4.78, 5) is 0. The van der Waals surface area contributed by atoms with Crippen LogP contribution in [0, 0.1) is 5.41 Å². The summed E-state index contributed by atoms with van der Waals surface area (Å²) in [6, 6.07) is 0. The van der Waals surface area contributed by atoms with E-state index in [0.29, 0.717) is 12.8 Å². The van der Waals surface area contributed by atoms with Crippen molar-refractivity contribution in [1.82, 2.24) is 0 Å². The van der Waals surface area contributed by atoms with Crippen molar-refractivity contribution < 1.29 is 13.9 Å². The molecule has 0 aromatic heterocycles. The molecule has 2 aliphatic rings. The summed E-state index contributed by atoms with van der Waals surface area (Å²) in [6.45, 7) is 4.14. The van der Waals surface area contributed by atoms with Crippen LogP contribution in [-0.4, -0.2) is 22.2 Å². The maximum absolute atomic E-state index is 13.1. The number of halogens is 2. The summed E-state index contributed by atoms with van der Waals surface area (Å²) in [5.41, 5.74) is 4.53. The second-order valence-electron chi connectivity index (χ2n) is 6.56. The van der Waals surface area contributed by atoms with Gasteiger partial charge >= 0.3 is 0 Å². The second kappa shape index (κ2) is 3.16. The zero-order valence-corrected chi connectivity index (χ0v) is 10.0. The molecule has 3 N–H and O–H groups in total. The lowest BCUT2D eigenvalue weighted by atomic mass is 9.52. The minimum atomic E-state index is -2.58. The van der Waals surface area contributed by atoms with Crippen LogP contribution in [0.4, 0.5) is 8.78 Å². The van der Waals surface area contributed by atoms with Crippen molar-refractivity contribution in [2.75, 3.05) is 0 Å². The minimum Gasteiger partial charge on any atom is -0.388 e. The Bertz CT molecular complexity index is 283. The third-order valence-electron chi connectivity index (χ3n) is 4.34. The van der Waals surface area contributed by atoms with E-state index in [1.807, 2.05) is 0 Å². The molecule has 2 fully saturated rings. The van der Waals surface area contributed by atoms with Crippen LogP contribution in [0.5, 0.6) is 0 Å². The zero-order chi connectivity index (χ0) is 12.2. The van der Waals surface area contributed by atoms with Crippen LogP contribution in [0.3, 0.4) is 0 Å². The first-order valence-corrected chi connectivity index (χ1v) is 5.97. The van der Waals surface area contributed by atoms with E-state index in [1.165, 1.54) is 0 Å². The largest absolute Gasteiger partial charge is 0.388 e. The average molecular weight is 233 g/mol. The highest BCUT2D eigenvalue weighted by Gasteiger charge is 2.60. The molecule has 0 aromatic carbocycles. The van der Waals surface area contributed by atoms with E-state index in [1.54, 1.807) is 0 Å². The van der Waals surface area contributed by atoms with Gasteiger partial charge in [-0.3, -0.25) is 0 Å². The fourth-order valence-corrected chi connectivity index (χ4v) is 3.41. The van der Waals surface area contributed by atoms with Crippen LogP contribution >= 0.6 is 0 Å². The monoisotopic (exact) mass is 233 g/mol. The molecule has 0 aliphatic heterocycles. The summed E-state index contributed by atoms with van der Waals surface area (Å²) < 4.78 is 26.1. The number of nitrogens with two attached hydrogens (primary N) is 1. The van der Waals surface area contributed by atoms with E-state index >= 15 is 0 Å². The van der Waals surface area contributed by atoms with E-state index < -0.39 is 17.1 Å². The van der Waals surface area contributed by atoms with Crippen molar-refractivity contribution in [3.05, 3.63) is 0 Å². The van der Waals surface area contributed by atoms with Crippen molar-refractivity contribution in [1.29, 1.82) is 0 Å². The summed E-state index contributed by atoms with van der Waals surface area (Å²) in [7, 11) is 0. The predicted molar refractivity (Wildman–Crippen MR) is 58.3 cm³/mol. The quantitative estimate of drug-likeness (QED) is 0.730. The number of aliphatic hydroxyl groups is 1. The SMILES string of the molecule is CC1(C)CC(O)(C2(N)CCC(F)(F)CC2)C1. The first-order valence-electron chi connectivity index (χ1n) is 5.97. The molecule has 2 rings (SSSR count). The van der Waals surface area contributed by atoms with Crippen LogP contribution in [0.2, 0.25) is 0 Å². The molecule has 2 aliphatic carbocycles. The Labute approximate surface area is 95.2 Å². The molecular weight excluding hydrogens is 212 g/mol. The summed E-state index contributed by atoms with van der Waals surface area (Å²) in [5.74, 6) is -2.58. The van der Waals surface area contributed by atoms with Gasteiger partial charge in [-0.05, 0) is 31.1 Å². The van der Waals surface area contributed by atoms with Crippen LogP contribution < -0.4 is 5.73 Å². The van der Waals surface area contributed by atoms with Gasteiger partial charge < -0.3 is 10.8 Å². The van der Waals surface area contributed by atoms with Crippen molar-refractivity contribution in [3.63, 3.8) is 0 Å².